The number of hydrogen-bond donors (Lipinski definition) is 1. The largest absolute Gasteiger partial charge is 0.377 e. The number of guanidine groups is 1. The molecule has 2 aromatic rings. The molecule has 2 aromatic carbocycles. The average Bonchev–Trinajstić information content (AvgIpc) is 2.74. The molecule has 0 spiro atoms. The zero-order chi connectivity index (χ0) is 19.6. The molecule has 5 nitrogen and oxygen atoms in total. The molecule has 0 aromatic heterocycles. The zero-order valence-electron chi connectivity index (χ0n) is 16.3. The molecule has 0 radical (unpaired) electrons. The van der Waals surface area contributed by atoms with Crippen molar-refractivity contribution in [3.63, 3.8) is 0 Å². The van der Waals surface area contributed by atoms with Gasteiger partial charge in [0.05, 0.1) is 6.61 Å². The molecule has 3 rings (SSSR count). The summed E-state index contributed by atoms with van der Waals surface area (Å²) >= 11 is 0. The molecule has 0 unspecified atom stereocenters. The minimum atomic E-state index is -0.204. The Kier molecular flexibility index (Phi) is 7.67. The van der Waals surface area contributed by atoms with Gasteiger partial charge in [0.1, 0.15) is 5.82 Å². The van der Waals surface area contributed by atoms with E-state index in [0.29, 0.717) is 12.6 Å². The Balaban J connectivity index is 1.29. The first-order valence-electron chi connectivity index (χ1n) is 9.89. The number of unbranched alkanes of at least 4 members (excludes halogenated alkanes) is 1. The summed E-state index contributed by atoms with van der Waals surface area (Å²) in [5.41, 5.74) is 8.39. The highest BCUT2D eigenvalue weighted by Gasteiger charge is 2.18. The summed E-state index contributed by atoms with van der Waals surface area (Å²) in [5.74, 6) is 0.410. The zero-order valence-corrected chi connectivity index (χ0v) is 16.3. The number of hydrogen-bond acceptors (Lipinski definition) is 3. The summed E-state index contributed by atoms with van der Waals surface area (Å²) in [6, 6.07) is 16.8. The second-order valence-electron chi connectivity index (χ2n) is 6.94. The van der Waals surface area contributed by atoms with E-state index in [0.717, 1.165) is 57.9 Å². The number of anilines is 1. The van der Waals surface area contributed by atoms with Gasteiger partial charge < -0.3 is 20.3 Å². The first kappa shape index (κ1) is 20.1. The summed E-state index contributed by atoms with van der Waals surface area (Å²) in [7, 11) is 0. The number of rotatable bonds is 8. The lowest BCUT2D eigenvalue weighted by molar-refractivity contribution is 0.117. The molecule has 28 heavy (non-hydrogen) atoms. The average molecular weight is 384 g/mol. The predicted molar refractivity (Wildman–Crippen MR) is 112 cm³/mol. The highest BCUT2D eigenvalue weighted by atomic mass is 19.1. The molecule has 2 N–H and O–H groups in total. The van der Waals surface area contributed by atoms with Crippen LogP contribution in [-0.4, -0.2) is 50.2 Å². The molecule has 0 saturated carbocycles. The van der Waals surface area contributed by atoms with Crippen molar-refractivity contribution in [2.24, 2.45) is 10.7 Å². The molecular formula is C22H29FN4O. The van der Waals surface area contributed by atoms with E-state index in [-0.39, 0.29) is 5.82 Å². The number of nitrogens with zero attached hydrogens (tertiary/aromatic N) is 3. The Morgan fingerprint density at radius 3 is 2.39 bits per heavy atom. The lowest BCUT2D eigenvalue weighted by Crippen LogP contribution is -2.51. The van der Waals surface area contributed by atoms with Gasteiger partial charge in [-0.1, -0.05) is 30.3 Å². The van der Waals surface area contributed by atoms with Gasteiger partial charge in [-0.25, -0.2) is 4.39 Å². The van der Waals surface area contributed by atoms with Crippen LogP contribution in [0.3, 0.4) is 0 Å². The Hall–Kier alpha value is -2.60. The van der Waals surface area contributed by atoms with Gasteiger partial charge in [0, 0.05) is 45.0 Å². The van der Waals surface area contributed by atoms with Crippen LogP contribution in [0.4, 0.5) is 10.1 Å². The molecule has 6 heteroatoms. The maximum absolute atomic E-state index is 13.0. The van der Waals surface area contributed by atoms with E-state index < -0.39 is 0 Å². The topological polar surface area (TPSA) is 54.1 Å². The third-order valence-electron chi connectivity index (χ3n) is 4.88. The highest BCUT2D eigenvalue weighted by Crippen LogP contribution is 2.16. The van der Waals surface area contributed by atoms with Crippen LogP contribution >= 0.6 is 0 Å². The maximum Gasteiger partial charge on any atom is 0.191 e. The fraction of sp³-hybridized carbons (Fsp3) is 0.409. The van der Waals surface area contributed by atoms with E-state index in [4.69, 9.17) is 10.5 Å². The van der Waals surface area contributed by atoms with Crippen molar-refractivity contribution in [1.29, 1.82) is 0 Å². The van der Waals surface area contributed by atoms with E-state index in [1.165, 1.54) is 17.7 Å². The third-order valence-corrected chi connectivity index (χ3v) is 4.88. The van der Waals surface area contributed by atoms with Crippen LogP contribution in [0.15, 0.2) is 59.6 Å². The van der Waals surface area contributed by atoms with Gasteiger partial charge in [-0.15, -0.1) is 0 Å². The molecule has 0 aliphatic carbocycles. The Morgan fingerprint density at radius 2 is 1.68 bits per heavy atom. The van der Waals surface area contributed by atoms with Crippen LogP contribution in [0.5, 0.6) is 0 Å². The highest BCUT2D eigenvalue weighted by molar-refractivity contribution is 5.78. The monoisotopic (exact) mass is 384 g/mol. The van der Waals surface area contributed by atoms with Crippen molar-refractivity contribution in [1.82, 2.24) is 4.90 Å². The van der Waals surface area contributed by atoms with Gasteiger partial charge >= 0.3 is 0 Å². The van der Waals surface area contributed by atoms with E-state index in [2.05, 4.69) is 26.9 Å². The minimum absolute atomic E-state index is 0.204. The first-order valence-corrected chi connectivity index (χ1v) is 9.89. The fourth-order valence-electron chi connectivity index (χ4n) is 3.22. The molecule has 0 bridgehead atoms. The van der Waals surface area contributed by atoms with Gasteiger partial charge in [-0.3, -0.25) is 4.99 Å². The quantitative estimate of drug-likeness (QED) is 0.431. The smallest absolute Gasteiger partial charge is 0.191 e. The molecular weight excluding hydrogens is 355 g/mol. The van der Waals surface area contributed by atoms with Crippen molar-refractivity contribution in [2.75, 3.05) is 44.2 Å². The molecule has 1 heterocycles. The van der Waals surface area contributed by atoms with Crippen LogP contribution in [0.2, 0.25) is 0 Å². The molecule has 150 valence electrons. The molecule has 1 fully saturated rings. The number of benzene rings is 2. The van der Waals surface area contributed by atoms with Crippen LogP contribution < -0.4 is 10.6 Å². The number of piperazine rings is 1. The molecule has 0 amide bonds. The van der Waals surface area contributed by atoms with Crippen LogP contribution in [0.1, 0.15) is 18.4 Å². The second-order valence-corrected chi connectivity index (χ2v) is 6.94. The number of ether oxygens (including phenoxy) is 1. The third kappa shape index (κ3) is 6.23. The standard InChI is InChI=1S/C22H29FN4O/c23-20-8-10-21(11-9-20)26-13-15-27(16-14-26)22(24)25-12-4-5-17-28-18-19-6-2-1-3-7-19/h1-3,6-11H,4-5,12-18H2,(H2,24,25). The van der Waals surface area contributed by atoms with Crippen molar-refractivity contribution >= 4 is 11.6 Å². The summed E-state index contributed by atoms with van der Waals surface area (Å²) < 4.78 is 18.7. The number of halogens is 1. The number of nitrogens with two attached hydrogens (primary N) is 1. The van der Waals surface area contributed by atoms with Gasteiger partial charge in [0.25, 0.3) is 0 Å². The van der Waals surface area contributed by atoms with E-state index in [1.807, 2.05) is 30.3 Å². The van der Waals surface area contributed by atoms with Gasteiger partial charge in [-0.05, 0) is 42.7 Å². The minimum Gasteiger partial charge on any atom is -0.377 e. The second kappa shape index (κ2) is 10.7. The van der Waals surface area contributed by atoms with E-state index >= 15 is 0 Å². The molecule has 1 saturated heterocycles. The normalized spacial score (nSPS) is 15.1. The first-order chi connectivity index (χ1) is 13.7. The molecule has 0 atom stereocenters. The fourth-order valence-corrected chi connectivity index (χ4v) is 3.22. The molecule has 1 aliphatic heterocycles. The van der Waals surface area contributed by atoms with Crippen LogP contribution in [0.25, 0.3) is 0 Å². The summed E-state index contributed by atoms with van der Waals surface area (Å²) in [5, 5.41) is 0. The SMILES string of the molecule is NC(=NCCCCOCc1ccccc1)N1CCN(c2ccc(F)cc2)CC1. The van der Waals surface area contributed by atoms with Crippen molar-refractivity contribution < 1.29 is 9.13 Å². The van der Waals surface area contributed by atoms with Crippen molar-refractivity contribution in [3.05, 3.63) is 66.0 Å². The lowest BCUT2D eigenvalue weighted by atomic mass is 10.2. The summed E-state index contributed by atoms with van der Waals surface area (Å²) in [6.45, 7) is 5.48. The maximum atomic E-state index is 13.0. The molecule has 1 aliphatic rings. The van der Waals surface area contributed by atoms with Gasteiger partial charge in [-0.2, -0.15) is 0 Å². The lowest BCUT2D eigenvalue weighted by Gasteiger charge is -2.36. The Bertz CT molecular complexity index is 728. The van der Waals surface area contributed by atoms with Gasteiger partial charge in [0.15, 0.2) is 5.96 Å². The van der Waals surface area contributed by atoms with Crippen molar-refractivity contribution in [3.8, 4) is 0 Å². The van der Waals surface area contributed by atoms with E-state index in [1.54, 1.807) is 0 Å². The van der Waals surface area contributed by atoms with Crippen LogP contribution in [0, 0.1) is 5.82 Å². The Morgan fingerprint density at radius 1 is 0.964 bits per heavy atom. The van der Waals surface area contributed by atoms with Crippen LogP contribution in [-0.2, 0) is 11.3 Å². The Labute approximate surface area is 166 Å². The van der Waals surface area contributed by atoms with Crippen molar-refractivity contribution in [2.45, 2.75) is 19.4 Å². The summed E-state index contributed by atoms with van der Waals surface area (Å²) in [4.78, 5) is 8.87. The predicted octanol–water partition coefficient (Wildman–Crippen LogP) is 3.26. The van der Waals surface area contributed by atoms with Gasteiger partial charge in [0.2, 0.25) is 0 Å². The summed E-state index contributed by atoms with van der Waals surface area (Å²) in [6.07, 6.45) is 1.94. The number of aliphatic imine (C=N–C) groups is 1. The van der Waals surface area contributed by atoms with E-state index in [9.17, 15) is 4.39 Å².